The number of hydrogen-bond donors (Lipinski definition) is 3. The first-order valence-electron chi connectivity index (χ1n) is 8.34. The van der Waals surface area contributed by atoms with Gasteiger partial charge in [0.05, 0.1) is 18.6 Å². The van der Waals surface area contributed by atoms with E-state index < -0.39 is 5.41 Å². The molecule has 0 aliphatic rings. The summed E-state index contributed by atoms with van der Waals surface area (Å²) in [5.41, 5.74) is 0.654. The van der Waals surface area contributed by atoms with Crippen molar-refractivity contribution in [2.24, 2.45) is 10.4 Å². The maximum absolute atomic E-state index is 12.0. The second-order valence-electron chi connectivity index (χ2n) is 6.13. The molecule has 1 aromatic rings. The predicted octanol–water partition coefficient (Wildman–Crippen LogP) is 1.53. The van der Waals surface area contributed by atoms with E-state index in [1.807, 2.05) is 51.1 Å². The number of nitrogens with one attached hydrogen (secondary N) is 3. The summed E-state index contributed by atoms with van der Waals surface area (Å²) in [6.45, 7) is 8.68. The zero-order valence-corrected chi connectivity index (χ0v) is 15.2. The molecule has 0 atom stereocenters. The van der Waals surface area contributed by atoms with E-state index in [2.05, 4.69) is 20.9 Å². The van der Waals surface area contributed by atoms with Crippen LogP contribution < -0.4 is 16.0 Å². The second kappa shape index (κ2) is 10.6. The van der Waals surface area contributed by atoms with E-state index in [0.717, 1.165) is 5.56 Å². The quantitative estimate of drug-likeness (QED) is 0.364. The van der Waals surface area contributed by atoms with E-state index in [1.54, 1.807) is 7.05 Å². The van der Waals surface area contributed by atoms with Crippen molar-refractivity contribution in [1.82, 2.24) is 16.0 Å². The predicted molar refractivity (Wildman–Crippen MR) is 97.9 cm³/mol. The lowest BCUT2D eigenvalue weighted by atomic mass is 9.92. The number of aliphatic imine (C=N–C) groups is 1. The highest BCUT2D eigenvalue weighted by Crippen LogP contribution is 2.13. The SMILES string of the molecule is CCNC(=O)C(C)(C)CNC(=NC)NCCOCc1ccccc1. The Hall–Kier alpha value is -2.08. The fraction of sp³-hybridized carbons (Fsp3) is 0.556. The monoisotopic (exact) mass is 334 g/mol. The van der Waals surface area contributed by atoms with Crippen molar-refractivity contribution in [3.05, 3.63) is 35.9 Å². The molecule has 6 nitrogen and oxygen atoms in total. The molecule has 0 bridgehead atoms. The fourth-order valence-corrected chi connectivity index (χ4v) is 2.01. The smallest absolute Gasteiger partial charge is 0.227 e. The van der Waals surface area contributed by atoms with Crippen LogP contribution in [0.25, 0.3) is 0 Å². The van der Waals surface area contributed by atoms with Gasteiger partial charge in [-0.1, -0.05) is 30.3 Å². The summed E-state index contributed by atoms with van der Waals surface area (Å²) in [6.07, 6.45) is 0. The van der Waals surface area contributed by atoms with Gasteiger partial charge in [-0.25, -0.2) is 0 Å². The van der Waals surface area contributed by atoms with Crippen molar-refractivity contribution < 1.29 is 9.53 Å². The highest BCUT2D eigenvalue weighted by atomic mass is 16.5. The van der Waals surface area contributed by atoms with Crippen molar-refractivity contribution in [3.63, 3.8) is 0 Å². The molecule has 0 spiro atoms. The Bertz CT molecular complexity index is 515. The first-order valence-corrected chi connectivity index (χ1v) is 8.34. The van der Waals surface area contributed by atoms with E-state index in [1.165, 1.54) is 0 Å². The van der Waals surface area contributed by atoms with Crippen molar-refractivity contribution in [2.75, 3.05) is 33.3 Å². The molecule has 0 aromatic heterocycles. The number of nitrogens with zero attached hydrogens (tertiary/aromatic N) is 1. The third-order valence-corrected chi connectivity index (χ3v) is 3.52. The minimum absolute atomic E-state index is 0.0270. The first kappa shape index (κ1) is 20.0. The minimum atomic E-state index is -0.503. The van der Waals surface area contributed by atoms with Crippen molar-refractivity contribution in [1.29, 1.82) is 0 Å². The molecule has 0 saturated heterocycles. The molecular weight excluding hydrogens is 304 g/mol. The number of carbonyl (C=O) groups is 1. The van der Waals surface area contributed by atoms with Crippen LogP contribution in [-0.4, -0.2) is 45.2 Å². The number of amides is 1. The molecule has 0 aliphatic heterocycles. The van der Waals surface area contributed by atoms with Gasteiger partial charge in [-0.15, -0.1) is 0 Å². The zero-order chi connectivity index (χ0) is 17.8. The van der Waals surface area contributed by atoms with Crippen LogP contribution >= 0.6 is 0 Å². The van der Waals surface area contributed by atoms with Gasteiger partial charge in [0.25, 0.3) is 0 Å². The third-order valence-electron chi connectivity index (χ3n) is 3.52. The lowest BCUT2D eigenvalue weighted by Crippen LogP contribution is -2.48. The Kier molecular flexibility index (Phi) is 8.86. The number of benzene rings is 1. The Balaban J connectivity index is 2.24. The second-order valence-corrected chi connectivity index (χ2v) is 6.13. The largest absolute Gasteiger partial charge is 0.375 e. The van der Waals surface area contributed by atoms with Crippen LogP contribution in [0.3, 0.4) is 0 Å². The van der Waals surface area contributed by atoms with E-state index in [0.29, 0.717) is 38.8 Å². The number of guanidine groups is 1. The Morgan fingerprint density at radius 3 is 2.50 bits per heavy atom. The number of rotatable bonds is 9. The Labute approximate surface area is 145 Å². The third kappa shape index (κ3) is 7.46. The molecule has 0 heterocycles. The molecule has 6 heteroatoms. The topological polar surface area (TPSA) is 74.8 Å². The molecule has 1 amide bonds. The van der Waals surface area contributed by atoms with Crippen molar-refractivity contribution in [2.45, 2.75) is 27.4 Å². The highest BCUT2D eigenvalue weighted by Gasteiger charge is 2.27. The molecule has 0 radical (unpaired) electrons. The average Bonchev–Trinajstić information content (AvgIpc) is 2.58. The highest BCUT2D eigenvalue weighted by molar-refractivity contribution is 5.84. The molecule has 1 aromatic carbocycles. The summed E-state index contributed by atoms with van der Waals surface area (Å²) in [5.74, 6) is 0.690. The molecule has 3 N–H and O–H groups in total. The van der Waals surface area contributed by atoms with Gasteiger partial charge in [0, 0.05) is 26.7 Å². The van der Waals surface area contributed by atoms with Gasteiger partial charge in [-0.3, -0.25) is 9.79 Å². The van der Waals surface area contributed by atoms with Gasteiger partial charge in [0.2, 0.25) is 5.91 Å². The molecule has 1 rings (SSSR count). The number of hydrogen-bond acceptors (Lipinski definition) is 3. The standard InChI is InChI=1S/C18H30N4O2/c1-5-20-16(23)18(2,3)14-22-17(19-4)21-11-12-24-13-15-9-7-6-8-10-15/h6-10H,5,11-14H2,1-4H3,(H,20,23)(H2,19,21,22). The normalized spacial score (nSPS) is 11.9. The molecule has 0 fully saturated rings. The number of carbonyl (C=O) groups excluding carboxylic acids is 1. The van der Waals surface area contributed by atoms with Crippen LogP contribution in [0.5, 0.6) is 0 Å². The molecular formula is C18H30N4O2. The molecule has 0 saturated carbocycles. The summed E-state index contributed by atoms with van der Waals surface area (Å²) >= 11 is 0. The van der Waals surface area contributed by atoms with Gasteiger partial charge in [0.1, 0.15) is 0 Å². The molecule has 0 aliphatic carbocycles. The van der Waals surface area contributed by atoms with Gasteiger partial charge >= 0.3 is 0 Å². The Morgan fingerprint density at radius 2 is 1.88 bits per heavy atom. The summed E-state index contributed by atoms with van der Waals surface area (Å²) < 4.78 is 5.62. The first-order chi connectivity index (χ1) is 11.5. The van der Waals surface area contributed by atoms with E-state index in [4.69, 9.17) is 4.74 Å². The summed E-state index contributed by atoms with van der Waals surface area (Å²) in [6, 6.07) is 10.1. The maximum Gasteiger partial charge on any atom is 0.227 e. The molecule has 24 heavy (non-hydrogen) atoms. The molecule has 0 unspecified atom stereocenters. The fourth-order valence-electron chi connectivity index (χ4n) is 2.01. The summed E-state index contributed by atoms with van der Waals surface area (Å²) in [7, 11) is 1.71. The van der Waals surface area contributed by atoms with E-state index >= 15 is 0 Å². The van der Waals surface area contributed by atoms with Gasteiger partial charge in [-0.05, 0) is 26.3 Å². The van der Waals surface area contributed by atoms with E-state index in [9.17, 15) is 4.79 Å². The van der Waals surface area contributed by atoms with Gasteiger partial charge in [0.15, 0.2) is 5.96 Å². The summed E-state index contributed by atoms with van der Waals surface area (Å²) in [4.78, 5) is 16.1. The van der Waals surface area contributed by atoms with Crippen LogP contribution in [0.15, 0.2) is 35.3 Å². The van der Waals surface area contributed by atoms with Crippen molar-refractivity contribution >= 4 is 11.9 Å². The Morgan fingerprint density at radius 1 is 1.17 bits per heavy atom. The lowest BCUT2D eigenvalue weighted by molar-refractivity contribution is -0.128. The van der Waals surface area contributed by atoms with Crippen LogP contribution in [0.2, 0.25) is 0 Å². The van der Waals surface area contributed by atoms with E-state index in [-0.39, 0.29) is 5.91 Å². The lowest BCUT2D eigenvalue weighted by Gasteiger charge is -2.24. The molecule has 134 valence electrons. The van der Waals surface area contributed by atoms with Crippen LogP contribution in [0.4, 0.5) is 0 Å². The van der Waals surface area contributed by atoms with Crippen LogP contribution in [0.1, 0.15) is 26.3 Å². The summed E-state index contributed by atoms with van der Waals surface area (Å²) in [5, 5.41) is 9.21. The van der Waals surface area contributed by atoms with Crippen LogP contribution in [0, 0.1) is 5.41 Å². The van der Waals surface area contributed by atoms with Crippen molar-refractivity contribution in [3.8, 4) is 0 Å². The van der Waals surface area contributed by atoms with Gasteiger partial charge < -0.3 is 20.7 Å². The van der Waals surface area contributed by atoms with Gasteiger partial charge in [-0.2, -0.15) is 0 Å². The minimum Gasteiger partial charge on any atom is -0.375 e. The van der Waals surface area contributed by atoms with Crippen LogP contribution in [-0.2, 0) is 16.1 Å². The number of ether oxygens (including phenoxy) is 1. The zero-order valence-electron chi connectivity index (χ0n) is 15.2. The maximum atomic E-state index is 12.0. The average molecular weight is 334 g/mol.